The largest absolute Gasteiger partial charge is 0.346 e. The molecule has 2 N–H and O–H groups in total. The van der Waals surface area contributed by atoms with Crippen molar-refractivity contribution in [3.8, 4) is 0 Å². The molecule has 98 valence electrons. The van der Waals surface area contributed by atoms with Crippen LogP contribution < -0.4 is 5.73 Å². The zero-order valence-corrected chi connectivity index (χ0v) is 11.4. The van der Waals surface area contributed by atoms with E-state index < -0.39 is 0 Å². The first-order valence-corrected chi connectivity index (χ1v) is 6.65. The Bertz CT molecular complexity index is 432. The summed E-state index contributed by atoms with van der Waals surface area (Å²) in [4.78, 5) is 13.9. The van der Waals surface area contributed by atoms with E-state index in [9.17, 15) is 4.79 Å². The molecular weight excluding hydrogens is 248 g/mol. The molecule has 1 fully saturated rings. The summed E-state index contributed by atoms with van der Waals surface area (Å²) in [6.07, 6.45) is 2.42. The third-order valence-electron chi connectivity index (χ3n) is 3.91. The molecule has 1 saturated heterocycles. The van der Waals surface area contributed by atoms with Crippen LogP contribution in [-0.2, 0) is 10.2 Å². The fraction of sp³-hybridized carbons (Fsp3) is 0.500. The second kappa shape index (κ2) is 5.29. The van der Waals surface area contributed by atoms with Gasteiger partial charge < -0.3 is 10.6 Å². The Kier molecular flexibility index (Phi) is 3.93. The number of nitrogens with zero attached hydrogens (tertiary/aromatic N) is 1. The van der Waals surface area contributed by atoms with E-state index in [2.05, 4.69) is 0 Å². The molecule has 4 heteroatoms. The molecule has 0 spiro atoms. The number of halogens is 1. The molecule has 0 bridgehead atoms. The average molecular weight is 267 g/mol. The number of carbonyl (C=O) groups is 1. The Morgan fingerprint density at radius 1 is 1.39 bits per heavy atom. The van der Waals surface area contributed by atoms with Crippen LogP contribution in [0, 0.1) is 0 Å². The molecule has 3 nitrogen and oxygen atoms in total. The molecule has 1 atom stereocenters. The van der Waals surface area contributed by atoms with Crippen LogP contribution in [0.4, 0.5) is 0 Å². The second-order valence-corrected chi connectivity index (χ2v) is 5.52. The molecule has 1 amide bonds. The Labute approximate surface area is 113 Å². The van der Waals surface area contributed by atoms with E-state index in [4.69, 9.17) is 17.3 Å². The number of rotatable bonds is 2. The van der Waals surface area contributed by atoms with Gasteiger partial charge in [-0.1, -0.05) is 23.7 Å². The monoisotopic (exact) mass is 266 g/mol. The molecule has 18 heavy (non-hydrogen) atoms. The van der Waals surface area contributed by atoms with Crippen LogP contribution in [0.2, 0.25) is 5.02 Å². The standard InChI is InChI=1S/C14H19ClN2O/c1-17-8-2-7-14(10-16,9-13(17)18)11-3-5-12(15)6-4-11/h3-6H,2,7-10,16H2,1H3. The number of benzene rings is 1. The van der Waals surface area contributed by atoms with Crippen LogP contribution in [0.3, 0.4) is 0 Å². The van der Waals surface area contributed by atoms with Crippen LogP contribution in [0.5, 0.6) is 0 Å². The Morgan fingerprint density at radius 2 is 2.06 bits per heavy atom. The van der Waals surface area contributed by atoms with Crippen LogP contribution >= 0.6 is 11.6 Å². The number of nitrogens with two attached hydrogens (primary N) is 1. The second-order valence-electron chi connectivity index (χ2n) is 5.09. The number of likely N-dealkylation sites (tertiary alicyclic amines) is 1. The molecule has 0 saturated carbocycles. The fourth-order valence-electron chi connectivity index (χ4n) is 2.63. The minimum absolute atomic E-state index is 0.174. The van der Waals surface area contributed by atoms with Crippen molar-refractivity contribution < 1.29 is 4.79 Å². The third-order valence-corrected chi connectivity index (χ3v) is 4.16. The van der Waals surface area contributed by atoms with Gasteiger partial charge in [-0.25, -0.2) is 0 Å². The fourth-order valence-corrected chi connectivity index (χ4v) is 2.76. The van der Waals surface area contributed by atoms with Crippen molar-refractivity contribution in [2.24, 2.45) is 5.73 Å². The Balaban J connectivity index is 2.34. The summed E-state index contributed by atoms with van der Waals surface area (Å²) in [7, 11) is 1.86. The zero-order chi connectivity index (χ0) is 13.2. The summed E-state index contributed by atoms with van der Waals surface area (Å²) in [6.45, 7) is 1.31. The van der Waals surface area contributed by atoms with Crippen molar-refractivity contribution in [2.45, 2.75) is 24.7 Å². The first-order valence-electron chi connectivity index (χ1n) is 6.27. The predicted molar refractivity (Wildman–Crippen MR) is 73.7 cm³/mol. The number of hydrogen-bond acceptors (Lipinski definition) is 2. The third kappa shape index (κ3) is 2.52. The minimum atomic E-state index is -0.230. The molecule has 2 rings (SSSR count). The van der Waals surface area contributed by atoms with Gasteiger partial charge in [0.2, 0.25) is 5.91 Å². The SMILES string of the molecule is CN1CCCC(CN)(c2ccc(Cl)cc2)CC1=O. The maximum Gasteiger partial charge on any atom is 0.223 e. The highest BCUT2D eigenvalue weighted by Gasteiger charge is 2.36. The van der Waals surface area contributed by atoms with Crippen molar-refractivity contribution in [1.29, 1.82) is 0 Å². The first-order chi connectivity index (χ1) is 8.57. The summed E-state index contributed by atoms with van der Waals surface area (Å²) in [5.74, 6) is 0.174. The number of hydrogen-bond donors (Lipinski definition) is 1. The van der Waals surface area contributed by atoms with E-state index in [1.807, 2.05) is 31.3 Å². The van der Waals surface area contributed by atoms with E-state index in [1.54, 1.807) is 4.90 Å². The molecule has 0 aromatic heterocycles. The molecule has 1 unspecified atom stereocenters. The summed E-state index contributed by atoms with van der Waals surface area (Å²) in [5, 5.41) is 0.711. The van der Waals surface area contributed by atoms with Gasteiger partial charge in [0.1, 0.15) is 0 Å². The van der Waals surface area contributed by atoms with Gasteiger partial charge in [0.15, 0.2) is 0 Å². The number of amides is 1. The molecule has 1 aromatic carbocycles. The summed E-state index contributed by atoms with van der Waals surface area (Å²) in [5.41, 5.74) is 6.88. The lowest BCUT2D eigenvalue weighted by atomic mass is 9.74. The van der Waals surface area contributed by atoms with Crippen molar-refractivity contribution in [1.82, 2.24) is 4.90 Å². The maximum absolute atomic E-state index is 12.1. The van der Waals surface area contributed by atoms with E-state index >= 15 is 0 Å². The molecule has 1 aliphatic rings. The Hall–Kier alpha value is -1.06. The van der Waals surface area contributed by atoms with Crippen LogP contribution in [0.25, 0.3) is 0 Å². The van der Waals surface area contributed by atoms with Crippen LogP contribution in [-0.4, -0.2) is 30.9 Å². The van der Waals surface area contributed by atoms with Crippen LogP contribution in [0.1, 0.15) is 24.8 Å². The van der Waals surface area contributed by atoms with Crippen molar-refractivity contribution in [2.75, 3.05) is 20.1 Å². The predicted octanol–water partition coefficient (Wildman–Crippen LogP) is 2.18. The van der Waals surface area contributed by atoms with Gasteiger partial charge in [-0.05, 0) is 30.5 Å². The topological polar surface area (TPSA) is 46.3 Å². The zero-order valence-electron chi connectivity index (χ0n) is 10.7. The number of carbonyl (C=O) groups excluding carboxylic acids is 1. The molecule has 1 aliphatic heterocycles. The molecule has 1 aromatic rings. The lowest BCUT2D eigenvalue weighted by Gasteiger charge is -2.31. The highest BCUT2D eigenvalue weighted by Crippen LogP contribution is 2.35. The van der Waals surface area contributed by atoms with E-state index in [1.165, 1.54) is 0 Å². The summed E-state index contributed by atoms with van der Waals surface area (Å²) >= 11 is 5.92. The molecule has 0 radical (unpaired) electrons. The Morgan fingerprint density at radius 3 is 2.67 bits per heavy atom. The summed E-state index contributed by atoms with van der Waals surface area (Å²) < 4.78 is 0. The van der Waals surface area contributed by atoms with Gasteiger partial charge in [-0.15, -0.1) is 0 Å². The smallest absolute Gasteiger partial charge is 0.223 e. The van der Waals surface area contributed by atoms with Gasteiger partial charge in [0.05, 0.1) is 0 Å². The molecule has 0 aliphatic carbocycles. The van der Waals surface area contributed by atoms with Gasteiger partial charge in [-0.3, -0.25) is 4.79 Å². The van der Waals surface area contributed by atoms with Crippen molar-refractivity contribution in [3.63, 3.8) is 0 Å². The van der Waals surface area contributed by atoms with Crippen molar-refractivity contribution in [3.05, 3.63) is 34.9 Å². The highest BCUT2D eigenvalue weighted by molar-refractivity contribution is 6.30. The average Bonchev–Trinajstić information content (AvgIpc) is 2.51. The normalized spacial score (nSPS) is 25.1. The van der Waals surface area contributed by atoms with Crippen molar-refractivity contribution >= 4 is 17.5 Å². The van der Waals surface area contributed by atoms with E-state index in [0.717, 1.165) is 24.9 Å². The highest BCUT2D eigenvalue weighted by atomic mass is 35.5. The lowest BCUT2D eigenvalue weighted by Crippen LogP contribution is -2.38. The minimum Gasteiger partial charge on any atom is -0.346 e. The van der Waals surface area contributed by atoms with Crippen LogP contribution in [0.15, 0.2) is 24.3 Å². The summed E-state index contributed by atoms with van der Waals surface area (Å²) in [6, 6.07) is 7.72. The van der Waals surface area contributed by atoms with E-state index in [0.29, 0.717) is 18.0 Å². The van der Waals surface area contributed by atoms with E-state index in [-0.39, 0.29) is 11.3 Å². The molecular formula is C14H19ClN2O. The van der Waals surface area contributed by atoms with Gasteiger partial charge in [-0.2, -0.15) is 0 Å². The first kappa shape index (κ1) is 13.4. The van der Waals surface area contributed by atoms with Gasteiger partial charge in [0.25, 0.3) is 0 Å². The van der Waals surface area contributed by atoms with Gasteiger partial charge >= 0.3 is 0 Å². The lowest BCUT2D eigenvalue weighted by molar-refractivity contribution is -0.130. The molecule has 1 heterocycles. The van der Waals surface area contributed by atoms with Gasteiger partial charge in [0, 0.05) is 37.0 Å². The quantitative estimate of drug-likeness (QED) is 0.892. The maximum atomic E-state index is 12.1.